The van der Waals surface area contributed by atoms with Crippen molar-refractivity contribution in [3.63, 3.8) is 0 Å². The second-order valence-electron chi connectivity index (χ2n) is 5.33. The molecule has 2 amide bonds. The second-order valence-corrected chi connectivity index (χ2v) is 6.24. The van der Waals surface area contributed by atoms with Crippen LogP contribution in [0.4, 0.5) is 4.79 Å². The molecule has 1 aromatic carbocycles. The summed E-state index contributed by atoms with van der Waals surface area (Å²) in [6.45, 7) is 0.872. The van der Waals surface area contributed by atoms with Gasteiger partial charge in [0.2, 0.25) is 0 Å². The molecule has 0 saturated heterocycles. The Morgan fingerprint density at radius 2 is 2.25 bits per heavy atom. The van der Waals surface area contributed by atoms with Crippen LogP contribution in [0.25, 0.3) is 0 Å². The maximum absolute atomic E-state index is 12.5. The van der Waals surface area contributed by atoms with Crippen molar-refractivity contribution in [1.82, 2.24) is 10.2 Å². The molecule has 20 heavy (non-hydrogen) atoms. The summed E-state index contributed by atoms with van der Waals surface area (Å²) in [5.41, 5.74) is 1.74. The molecule has 2 N–H and O–H groups in total. The van der Waals surface area contributed by atoms with E-state index in [1.165, 1.54) is 0 Å². The Kier molecular flexibility index (Phi) is 3.41. The summed E-state index contributed by atoms with van der Waals surface area (Å²) in [6.07, 6.45) is 1.09. The lowest BCUT2D eigenvalue weighted by atomic mass is 10.1. The summed E-state index contributed by atoms with van der Waals surface area (Å²) in [7, 11) is 0. The van der Waals surface area contributed by atoms with Crippen molar-refractivity contribution in [3.05, 3.63) is 33.8 Å². The van der Waals surface area contributed by atoms with Gasteiger partial charge in [-0.25, -0.2) is 4.79 Å². The van der Waals surface area contributed by atoms with Crippen LogP contribution in [0.15, 0.2) is 22.7 Å². The molecule has 1 saturated carbocycles. The largest absolute Gasteiger partial charge is 0.465 e. The average Bonchev–Trinajstić information content (AvgIpc) is 3.16. The molecule has 1 fully saturated rings. The monoisotopic (exact) mass is 338 g/mol. The van der Waals surface area contributed by atoms with Gasteiger partial charge < -0.3 is 15.3 Å². The van der Waals surface area contributed by atoms with Gasteiger partial charge in [-0.05, 0) is 42.5 Å². The minimum atomic E-state index is -1.04. The molecule has 5 nitrogen and oxygen atoms in total. The van der Waals surface area contributed by atoms with Gasteiger partial charge >= 0.3 is 6.09 Å². The molecule has 0 spiro atoms. The van der Waals surface area contributed by atoms with E-state index >= 15 is 0 Å². The highest BCUT2D eigenvalue weighted by molar-refractivity contribution is 9.10. The number of carboxylic acid groups (broad SMARTS) is 1. The maximum Gasteiger partial charge on any atom is 0.404 e. The number of hydrogen-bond donors (Lipinski definition) is 2. The average molecular weight is 339 g/mol. The smallest absolute Gasteiger partial charge is 0.404 e. The minimum absolute atomic E-state index is 0.0107. The number of carbonyl (C=O) groups excluding carboxylic acids is 1. The standard InChI is InChI=1S/C14H15BrN2O3/c15-10-3-4-11-9(5-10)7-17(13(11)18)12(8-1-2-8)6-16-14(19)20/h3-5,8,12,16H,1-2,6-7H2,(H,19,20). The van der Waals surface area contributed by atoms with Gasteiger partial charge in [-0.15, -0.1) is 0 Å². The van der Waals surface area contributed by atoms with Crippen molar-refractivity contribution >= 4 is 27.9 Å². The van der Waals surface area contributed by atoms with Crippen LogP contribution in [0, 0.1) is 5.92 Å². The van der Waals surface area contributed by atoms with Gasteiger partial charge in [0.1, 0.15) is 0 Å². The Hall–Kier alpha value is -1.56. The summed E-state index contributed by atoms with van der Waals surface area (Å²) >= 11 is 3.41. The van der Waals surface area contributed by atoms with Crippen LogP contribution in [0.1, 0.15) is 28.8 Å². The van der Waals surface area contributed by atoms with Gasteiger partial charge in [-0.1, -0.05) is 15.9 Å². The Balaban J connectivity index is 1.80. The highest BCUT2D eigenvalue weighted by atomic mass is 79.9. The molecule has 1 aromatic rings. The van der Waals surface area contributed by atoms with E-state index in [9.17, 15) is 9.59 Å². The number of rotatable bonds is 4. The number of nitrogens with zero attached hydrogens (tertiary/aromatic N) is 1. The summed E-state index contributed by atoms with van der Waals surface area (Å²) in [5, 5.41) is 11.2. The van der Waals surface area contributed by atoms with E-state index < -0.39 is 6.09 Å². The van der Waals surface area contributed by atoms with Crippen molar-refractivity contribution in [2.45, 2.75) is 25.4 Å². The number of halogens is 1. The van der Waals surface area contributed by atoms with Gasteiger partial charge in [-0.2, -0.15) is 0 Å². The van der Waals surface area contributed by atoms with Crippen molar-refractivity contribution in [2.75, 3.05) is 6.54 Å². The van der Waals surface area contributed by atoms with Crippen molar-refractivity contribution in [1.29, 1.82) is 0 Å². The molecular formula is C14H15BrN2O3. The molecule has 1 aliphatic heterocycles. The van der Waals surface area contributed by atoms with E-state index in [2.05, 4.69) is 21.2 Å². The van der Waals surface area contributed by atoms with E-state index in [1.54, 1.807) is 0 Å². The van der Waals surface area contributed by atoms with E-state index in [1.807, 2.05) is 23.1 Å². The van der Waals surface area contributed by atoms with Gasteiger partial charge in [0, 0.05) is 23.1 Å². The maximum atomic E-state index is 12.5. The Morgan fingerprint density at radius 1 is 1.50 bits per heavy atom. The summed E-state index contributed by atoms with van der Waals surface area (Å²) in [4.78, 5) is 25.0. The zero-order valence-electron chi connectivity index (χ0n) is 10.8. The number of carbonyl (C=O) groups is 2. The van der Waals surface area contributed by atoms with Crippen LogP contribution in [-0.4, -0.2) is 34.6 Å². The lowest BCUT2D eigenvalue weighted by Gasteiger charge is -2.27. The molecule has 6 heteroatoms. The fraction of sp³-hybridized carbons (Fsp3) is 0.429. The van der Waals surface area contributed by atoms with Crippen LogP contribution in [0.2, 0.25) is 0 Å². The third-order valence-corrected chi connectivity index (χ3v) is 4.42. The first-order valence-corrected chi connectivity index (χ1v) is 7.42. The SMILES string of the molecule is O=C(O)NCC(C1CC1)N1Cc2cc(Br)ccc2C1=O. The minimum Gasteiger partial charge on any atom is -0.465 e. The quantitative estimate of drug-likeness (QED) is 0.885. The number of benzene rings is 1. The van der Waals surface area contributed by atoms with Crippen molar-refractivity contribution in [2.24, 2.45) is 5.92 Å². The second kappa shape index (κ2) is 5.09. The molecule has 1 atom stereocenters. The van der Waals surface area contributed by atoms with Crippen LogP contribution >= 0.6 is 15.9 Å². The third-order valence-electron chi connectivity index (χ3n) is 3.93. The first-order chi connectivity index (χ1) is 9.56. The zero-order chi connectivity index (χ0) is 14.3. The molecule has 0 bridgehead atoms. The summed E-state index contributed by atoms with van der Waals surface area (Å²) < 4.78 is 0.956. The van der Waals surface area contributed by atoms with E-state index in [4.69, 9.17) is 5.11 Å². The predicted octanol–water partition coefficient (Wildman–Crippen LogP) is 2.45. The van der Waals surface area contributed by atoms with Crippen LogP contribution in [0.3, 0.4) is 0 Å². The Bertz CT molecular complexity index is 572. The Morgan fingerprint density at radius 3 is 2.90 bits per heavy atom. The fourth-order valence-electron chi connectivity index (χ4n) is 2.78. The van der Waals surface area contributed by atoms with Gasteiger partial charge in [-0.3, -0.25) is 4.79 Å². The number of fused-ring (bicyclic) bond motifs is 1. The zero-order valence-corrected chi connectivity index (χ0v) is 12.4. The van der Waals surface area contributed by atoms with E-state index in [0.29, 0.717) is 19.0 Å². The molecule has 1 aliphatic carbocycles. The molecule has 2 aliphatic rings. The van der Waals surface area contributed by atoms with Crippen molar-refractivity contribution in [3.8, 4) is 0 Å². The topological polar surface area (TPSA) is 69.6 Å². The van der Waals surface area contributed by atoms with Gasteiger partial charge in [0.25, 0.3) is 5.91 Å². The molecule has 106 valence electrons. The van der Waals surface area contributed by atoms with Crippen LogP contribution < -0.4 is 5.32 Å². The number of amides is 2. The normalized spacial score (nSPS) is 18.9. The molecule has 3 rings (SSSR count). The highest BCUT2D eigenvalue weighted by Gasteiger charge is 2.41. The fourth-order valence-corrected chi connectivity index (χ4v) is 3.19. The van der Waals surface area contributed by atoms with Gasteiger partial charge in [0.15, 0.2) is 0 Å². The number of nitrogens with one attached hydrogen (secondary N) is 1. The molecule has 0 aromatic heterocycles. The first-order valence-electron chi connectivity index (χ1n) is 6.62. The first kappa shape index (κ1) is 13.4. The highest BCUT2D eigenvalue weighted by Crippen LogP contribution is 2.38. The van der Waals surface area contributed by atoms with E-state index in [-0.39, 0.29) is 11.9 Å². The number of hydrogen-bond acceptors (Lipinski definition) is 2. The molecule has 1 unspecified atom stereocenters. The van der Waals surface area contributed by atoms with E-state index in [0.717, 1.165) is 28.4 Å². The molecule has 1 heterocycles. The molecule has 0 radical (unpaired) electrons. The van der Waals surface area contributed by atoms with Crippen molar-refractivity contribution < 1.29 is 14.7 Å². The Labute approximate surface area is 125 Å². The predicted molar refractivity (Wildman–Crippen MR) is 76.6 cm³/mol. The lowest BCUT2D eigenvalue weighted by Crippen LogP contribution is -2.45. The van der Waals surface area contributed by atoms with Gasteiger partial charge in [0.05, 0.1) is 6.04 Å². The summed E-state index contributed by atoms with van der Waals surface area (Å²) in [5.74, 6) is 0.431. The van der Waals surface area contributed by atoms with Crippen LogP contribution in [-0.2, 0) is 6.54 Å². The molecular weight excluding hydrogens is 324 g/mol. The lowest BCUT2D eigenvalue weighted by molar-refractivity contribution is 0.0676. The summed E-state index contributed by atoms with van der Waals surface area (Å²) in [6, 6.07) is 5.62. The van der Waals surface area contributed by atoms with Crippen LogP contribution in [0.5, 0.6) is 0 Å². The third kappa shape index (κ3) is 2.52.